The van der Waals surface area contributed by atoms with Crippen molar-refractivity contribution < 1.29 is 0 Å². The molecule has 1 heterocycles. The fourth-order valence-electron chi connectivity index (χ4n) is 1.25. The first-order valence-electron chi connectivity index (χ1n) is 4.51. The molecule has 0 saturated carbocycles. The SMILES string of the molecule is CN(C)/C=N\c1n[nH]c2cc(Br)ccc12. The molecular weight excluding hydrogens is 256 g/mol. The smallest absolute Gasteiger partial charge is 0.182 e. The van der Waals surface area contributed by atoms with Crippen molar-refractivity contribution in [1.82, 2.24) is 15.1 Å². The number of aromatic amines is 1. The summed E-state index contributed by atoms with van der Waals surface area (Å²) >= 11 is 3.41. The van der Waals surface area contributed by atoms with Crippen LogP contribution in [0.25, 0.3) is 10.9 Å². The summed E-state index contributed by atoms with van der Waals surface area (Å²) in [5, 5.41) is 8.10. The number of nitrogens with zero attached hydrogens (tertiary/aromatic N) is 3. The van der Waals surface area contributed by atoms with Crippen LogP contribution in [0.15, 0.2) is 27.7 Å². The Hall–Kier alpha value is -1.36. The number of halogens is 1. The molecule has 2 aromatic rings. The first kappa shape index (κ1) is 10.2. The molecule has 2 rings (SSSR count). The number of hydrogen-bond donors (Lipinski definition) is 1. The van der Waals surface area contributed by atoms with E-state index in [1.165, 1.54) is 0 Å². The Morgan fingerprint density at radius 2 is 2.27 bits per heavy atom. The van der Waals surface area contributed by atoms with Gasteiger partial charge >= 0.3 is 0 Å². The van der Waals surface area contributed by atoms with Gasteiger partial charge in [-0.05, 0) is 18.2 Å². The number of fused-ring (bicyclic) bond motifs is 1. The predicted molar refractivity (Wildman–Crippen MR) is 65.6 cm³/mol. The van der Waals surface area contributed by atoms with Gasteiger partial charge in [-0.2, -0.15) is 5.10 Å². The summed E-state index contributed by atoms with van der Waals surface area (Å²) in [6.07, 6.45) is 1.73. The fourth-order valence-corrected chi connectivity index (χ4v) is 1.61. The molecule has 15 heavy (non-hydrogen) atoms. The highest BCUT2D eigenvalue weighted by molar-refractivity contribution is 9.10. The molecule has 0 spiro atoms. The molecule has 0 fully saturated rings. The predicted octanol–water partition coefficient (Wildman–Crippen LogP) is 2.55. The number of hydrogen-bond acceptors (Lipinski definition) is 2. The average Bonchev–Trinajstić information content (AvgIpc) is 2.57. The van der Waals surface area contributed by atoms with Gasteiger partial charge in [0.05, 0.1) is 11.9 Å². The molecule has 0 atom stereocenters. The minimum absolute atomic E-state index is 0.714. The van der Waals surface area contributed by atoms with E-state index in [9.17, 15) is 0 Å². The van der Waals surface area contributed by atoms with Crippen LogP contribution in [0.4, 0.5) is 5.82 Å². The van der Waals surface area contributed by atoms with E-state index < -0.39 is 0 Å². The number of rotatable bonds is 2. The zero-order chi connectivity index (χ0) is 10.8. The van der Waals surface area contributed by atoms with Crippen molar-refractivity contribution in [1.29, 1.82) is 0 Å². The Balaban J connectivity index is 2.45. The zero-order valence-corrected chi connectivity index (χ0v) is 10.1. The van der Waals surface area contributed by atoms with Gasteiger partial charge in [0.2, 0.25) is 0 Å². The fraction of sp³-hybridized carbons (Fsp3) is 0.200. The standard InChI is InChI=1S/C10H11BrN4/c1-15(2)6-12-10-8-4-3-7(11)5-9(8)13-14-10/h3-6H,1-2H3,(H,13,14)/b12-6-. The van der Waals surface area contributed by atoms with Crippen molar-refractivity contribution >= 4 is 39.0 Å². The maximum Gasteiger partial charge on any atom is 0.182 e. The summed E-state index contributed by atoms with van der Waals surface area (Å²) in [4.78, 5) is 6.14. The minimum Gasteiger partial charge on any atom is -0.369 e. The quantitative estimate of drug-likeness (QED) is 0.671. The summed E-state index contributed by atoms with van der Waals surface area (Å²) < 4.78 is 1.03. The molecule has 0 unspecified atom stereocenters. The Morgan fingerprint density at radius 1 is 1.47 bits per heavy atom. The van der Waals surface area contributed by atoms with Gasteiger partial charge in [0.25, 0.3) is 0 Å². The van der Waals surface area contributed by atoms with Gasteiger partial charge in [-0.3, -0.25) is 5.10 Å². The maximum atomic E-state index is 4.27. The van der Waals surface area contributed by atoms with Crippen molar-refractivity contribution in [2.45, 2.75) is 0 Å². The molecule has 5 heteroatoms. The van der Waals surface area contributed by atoms with Crippen molar-refractivity contribution in [3.05, 3.63) is 22.7 Å². The summed E-state index contributed by atoms with van der Waals surface area (Å²) in [7, 11) is 3.85. The summed E-state index contributed by atoms with van der Waals surface area (Å²) in [6, 6.07) is 5.95. The highest BCUT2D eigenvalue weighted by Gasteiger charge is 2.03. The largest absolute Gasteiger partial charge is 0.369 e. The van der Waals surface area contributed by atoms with E-state index in [1.54, 1.807) is 6.34 Å². The van der Waals surface area contributed by atoms with Crippen LogP contribution >= 0.6 is 15.9 Å². The van der Waals surface area contributed by atoms with Gasteiger partial charge in [0.15, 0.2) is 5.82 Å². The molecule has 0 aliphatic carbocycles. The van der Waals surface area contributed by atoms with Gasteiger partial charge in [-0.1, -0.05) is 15.9 Å². The highest BCUT2D eigenvalue weighted by atomic mass is 79.9. The lowest BCUT2D eigenvalue weighted by Crippen LogP contribution is -2.06. The lowest BCUT2D eigenvalue weighted by Gasteiger charge is -2.00. The van der Waals surface area contributed by atoms with E-state index in [1.807, 2.05) is 37.2 Å². The van der Waals surface area contributed by atoms with E-state index in [0.29, 0.717) is 5.82 Å². The van der Waals surface area contributed by atoms with E-state index in [4.69, 9.17) is 0 Å². The third-order valence-electron chi connectivity index (χ3n) is 1.92. The van der Waals surface area contributed by atoms with Crippen LogP contribution in [-0.4, -0.2) is 35.5 Å². The van der Waals surface area contributed by atoms with Crippen molar-refractivity contribution in [3.63, 3.8) is 0 Å². The van der Waals surface area contributed by atoms with Crippen LogP contribution < -0.4 is 0 Å². The summed E-state index contributed by atoms with van der Waals surface area (Å²) in [5.74, 6) is 0.714. The molecule has 0 bridgehead atoms. The molecule has 0 aliphatic rings. The van der Waals surface area contributed by atoms with Crippen LogP contribution in [0.2, 0.25) is 0 Å². The van der Waals surface area contributed by atoms with Gasteiger partial charge < -0.3 is 4.90 Å². The molecule has 0 saturated heterocycles. The van der Waals surface area contributed by atoms with Crippen LogP contribution in [0.1, 0.15) is 0 Å². The molecule has 1 N–H and O–H groups in total. The molecule has 0 amide bonds. The molecule has 1 aromatic heterocycles. The molecular formula is C10H11BrN4. The number of H-pyrrole nitrogens is 1. The molecule has 1 aromatic carbocycles. The van der Waals surface area contributed by atoms with E-state index in [2.05, 4.69) is 31.1 Å². The van der Waals surface area contributed by atoms with Gasteiger partial charge in [-0.25, -0.2) is 4.99 Å². The third kappa shape index (κ3) is 2.18. The Kier molecular flexibility index (Phi) is 2.73. The van der Waals surface area contributed by atoms with Crippen LogP contribution in [0, 0.1) is 0 Å². The Bertz CT molecular complexity index is 501. The lowest BCUT2D eigenvalue weighted by molar-refractivity contribution is 0.643. The van der Waals surface area contributed by atoms with Crippen molar-refractivity contribution in [2.75, 3.05) is 14.1 Å². The lowest BCUT2D eigenvalue weighted by atomic mass is 10.2. The Labute approximate surface area is 96.1 Å². The summed E-state index contributed by atoms with van der Waals surface area (Å²) in [5.41, 5.74) is 0.982. The highest BCUT2D eigenvalue weighted by Crippen LogP contribution is 2.25. The average molecular weight is 267 g/mol. The Morgan fingerprint density at radius 3 is 3.00 bits per heavy atom. The third-order valence-corrected chi connectivity index (χ3v) is 2.41. The molecule has 78 valence electrons. The van der Waals surface area contributed by atoms with Gasteiger partial charge in [0, 0.05) is 24.0 Å². The molecule has 0 radical (unpaired) electrons. The zero-order valence-electron chi connectivity index (χ0n) is 8.53. The van der Waals surface area contributed by atoms with Crippen molar-refractivity contribution in [3.8, 4) is 0 Å². The van der Waals surface area contributed by atoms with Crippen LogP contribution in [0.5, 0.6) is 0 Å². The number of benzene rings is 1. The second-order valence-electron chi connectivity index (χ2n) is 3.45. The second-order valence-corrected chi connectivity index (χ2v) is 4.36. The van der Waals surface area contributed by atoms with E-state index in [0.717, 1.165) is 15.4 Å². The van der Waals surface area contributed by atoms with E-state index >= 15 is 0 Å². The number of aromatic nitrogens is 2. The van der Waals surface area contributed by atoms with Gasteiger partial charge in [-0.15, -0.1) is 0 Å². The van der Waals surface area contributed by atoms with Gasteiger partial charge in [0.1, 0.15) is 0 Å². The normalized spacial score (nSPS) is 11.4. The van der Waals surface area contributed by atoms with E-state index in [-0.39, 0.29) is 0 Å². The number of aliphatic imine (C=N–C) groups is 1. The first-order chi connectivity index (χ1) is 7.16. The monoisotopic (exact) mass is 266 g/mol. The van der Waals surface area contributed by atoms with Crippen LogP contribution in [-0.2, 0) is 0 Å². The second kappa shape index (κ2) is 4.02. The molecule has 4 nitrogen and oxygen atoms in total. The summed E-state index contributed by atoms with van der Waals surface area (Å²) in [6.45, 7) is 0. The van der Waals surface area contributed by atoms with Crippen molar-refractivity contribution in [2.24, 2.45) is 4.99 Å². The minimum atomic E-state index is 0.714. The topological polar surface area (TPSA) is 44.3 Å². The maximum absolute atomic E-state index is 4.27. The first-order valence-corrected chi connectivity index (χ1v) is 5.30. The number of nitrogens with one attached hydrogen (secondary N) is 1. The molecule has 0 aliphatic heterocycles. The van der Waals surface area contributed by atoms with Crippen LogP contribution in [0.3, 0.4) is 0 Å².